The third-order valence-electron chi connectivity index (χ3n) is 8.66. The van der Waals surface area contributed by atoms with Gasteiger partial charge in [0.1, 0.15) is 12.6 Å². The molecule has 4 N–H and O–H groups in total. The zero-order valence-corrected chi connectivity index (χ0v) is 31.5. The summed E-state index contributed by atoms with van der Waals surface area (Å²) in [5, 5.41) is 10.4. The van der Waals surface area contributed by atoms with Crippen LogP contribution in [0.1, 0.15) is 48.4 Å². The lowest BCUT2D eigenvalue weighted by Gasteiger charge is -2.27. The SMILES string of the molecule is CC(C)C1=NC(CN(C)C(=O)NC(Cc2cnc[nH]2)C(=O)NC(CCC(Cc2ccccc2)NC(=O)OCc2cncs2)Cc2ccccc2)CS1. The zero-order chi connectivity index (χ0) is 36.7. The van der Waals surface area contributed by atoms with Crippen LogP contribution in [0.5, 0.6) is 0 Å². The number of thiazole rings is 1. The molecule has 4 atom stereocenters. The van der Waals surface area contributed by atoms with Gasteiger partial charge >= 0.3 is 12.1 Å². The lowest BCUT2D eigenvalue weighted by Crippen LogP contribution is -2.54. The number of rotatable bonds is 18. The first kappa shape index (κ1) is 38.5. The Morgan fingerprint density at radius 1 is 0.904 bits per heavy atom. The first-order valence-electron chi connectivity index (χ1n) is 17.6. The summed E-state index contributed by atoms with van der Waals surface area (Å²) in [5.41, 5.74) is 4.57. The molecule has 4 aromatic rings. The van der Waals surface area contributed by atoms with Gasteiger partial charge in [-0.3, -0.25) is 14.8 Å². The van der Waals surface area contributed by atoms with Crippen molar-refractivity contribution < 1.29 is 19.1 Å². The predicted molar refractivity (Wildman–Crippen MR) is 206 cm³/mol. The number of aromatic amines is 1. The fourth-order valence-corrected chi connectivity index (χ4v) is 7.55. The number of carbonyl (C=O) groups is 3. The fourth-order valence-electron chi connectivity index (χ4n) is 5.94. The minimum absolute atomic E-state index is 0.00992. The zero-order valence-electron chi connectivity index (χ0n) is 29.9. The monoisotopic (exact) mass is 744 g/mol. The van der Waals surface area contributed by atoms with Crippen molar-refractivity contribution in [3.63, 3.8) is 0 Å². The molecule has 2 aromatic carbocycles. The van der Waals surface area contributed by atoms with Crippen molar-refractivity contribution in [2.75, 3.05) is 19.3 Å². The van der Waals surface area contributed by atoms with E-state index in [0.29, 0.717) is 38.1 Å². The van der Waals surface area contributed by atoms with E-state index >= 15 is 0 Å². The van der Waals surface area contributed by atoms with E-state index in [4.69, 9.17) is 9.73 Å². The molecule has 0 saturated carbocycles. The van der Waals surface area contributed by atoms with Gasteiger partial charge in [0.2, 0.25) is 5.91 Å². The number of aliphatic imine (C=N–C) groups is 1. The highest BCUT2D eigenvalue weighted by molar-refractivity contribution is 8.14. The van der Waals surface area contributed by atoms with Crippen LogP contribution in [0.2, 0.25) is 0 Å². The summed E-state index contributed by atoms with van der Waals surface area (Å²) in [6.45, 7) is 4.83. The fraction of sp³-hybridized carbons (Fsp3) is 0.421. The van der Waals surface area contributed by atoms with Crippen molar-refractivity contribution in [1.29, 1.82) is 0 Å². The van der Waals surface area contributed by atoms with E-state index in [1.807, 2.05) is 60.7 Å². The Kier molecular flexibility index (Phi) is 14.7. The topological polar surface area (TPSA) is 154 Å². The Bertz CT molecular complexity index is 1710. The molecule has 1 aliphatic heterocycles. The number of likely N-dealkylation sites (N-methyl/N-ethyl adjacent to an activating group) is 1. The molecule has 12 nitrogen and oxygen atoms in total. The molecule has 14 heteroatoms. The van der Waals surface area contributed by atoms with E-state index in [0.717, 1.165) is 32.5 Å². The van der Waals surface area contributed by atoms with Crippen LogP contribution in [-0.2, 0) is 35.4 Å². The molecular weight excluding hydrogens is 697 g/mol. The van der Waals surface area contributed by atoms with Crippen molar-refractivity contribution in [3.05, 3.63) is 107 Å². The van der Waals surface area contributed by atoms with E-state index in [1.165, 1.54) is 11.3 Å². The highest BCUT2D eigenvalue weighted by atomic mass is 32.2. The van der Waals surface area contributed by atoms with Gasteiger partial charge in [-0.25, -0.2) is 14.6 Å². The Morgan fingerprint density at radius 2 is 1.58 bits per heavy atom. The molecular formula is C38H48N8O4S2. The van der Waals surface area contributed by atoms with Crippen LogP contribution < -0.4 is 16.0 Å². The maximum atomic E-state index is 14.1. The quantitative estimate of drug-likeness (QED) is 0.103. The maximum absolute atomic E-state index is 14.1. The number of imidazole rings is 1. The summed E-state index contributed by atoms with van der Waals surface area (Å²) in [4.78, 5) is 59.0. The minimum atomic E-state index is -0.860. The predicted octanol–water partition coefficient (Wildman–Crippen LogP) is 5.63. The van der Waals surface area contributed by atoms with Gasteiger partial charge in [0.05, 0.1) is 27.8 Å². The van der Waals surface area contributed by atoms with Gasteiger partial charge in [-0.05, 0) is 36.8 Å². The first-order valence-corrected chi connectivity index (χ1v) is 19.5. The molecule has 276 valence electrons. The number of amides is 4. The van der Waals surface area contributed by atoms with Crippen molar-refractivity contribution >= 4 is 46.2 Å². The number of aromatic nitrogens is 3. The molecule has 2 aromatic heterocycles. The molecule has 0 aliphatic carbocycles. The molecule has 0 spiro atoms. The van der Waals surface area contributed by atoms with E-state index in [9.17, 15) is 14.4 Å². The Hall–Kier alpha value is -4.69. The van der Waals surface area contributed by atoms with Crippen molar-refractivity contribution in [2.45, 2.75) is 76.7 Å². The average molecular weight is 745 g/mol. The molecule has 5 rings (SSSR count). The van der Waals surface area contributed by atoms with Gasteiger partial charge in [0.25, 0.3) is 0 Å². The first-order chi connectivity index (χ1) is 25.2. The van der Waals surface area contributed by atoms with Crippen LogP contribution in [0.15, 0.2) is 89.9 Å². The second-order valence-electron chi connectivity index (χ2n) is 13.3. The number of nitrogens with one attached hydrogen (secondary N) is 4. The van der Waals surface area contributed by atoms with Gasteiger partial charge in [-0.2, -0.15) is 0 Å². The van der Waals surface area contributed by atoms with Crippen molar-refractivity contribution in [1.82, 2.24) is 35.8 Å². The highest BCUT2D eigenvalue weighted by Crippen LogP contribution is 2.23. The van der Waals surface area contributed by atoms with Crippen LogP contribution in [0.25, 0.3) is 0 Å². The van der Waals surface area contributed by atoms with Crippen LogP contribution in [-0.4, -0.2) is 86.4 Å². The number of nitrogens with zero attached hydrogens (tertiary/aromatic N) is 4. The number of carbonyl (C=O) groups excluding carboxylic acids is 3. The summed E-state index contributed by atoms with van der Waals surface area (Å²) < 4.78 is 5.51. The van der Waals surface area contributed by atoms with Crippen LogP contribution in [0.4, 0.5) is 9.59 Å². The van der Waals surface area contributed by atoms with E-state index in [1.54, 1.807) is 47.9 Å². The van der Waals surface area contributed by atoms with Crippen molar-refractivity contribution in [2.24, 2.45) is 10.9 Å². The van der Waals surface area contributed by atoms with Gasteiger partial charge in [0.15, 0.2) is 0 Å². The molecule has 1 aliphatic rings. The molecule has 4 unspecified atom stereocenters. The standard InChI is InChI=1S/C38H48N8O4S2/c1-26(2)36-43-32(23-51-36)21-46(3)37(48)45-34(18-31-19-39-24-41-31)35(47)42-29(16-27-10-6-4-7-11-27)14-15-30(17-28-12-8-5-9-13-28)44-38(49)50-22-33-20-40-25-52-33/h4-13,19-20,24-26,29-30,32,34H,14-18,21-23H2,1-3H3,(H,39,41)(H,42,47)(H,44,49)(H,45,48). The summed E-state index contributed by atoms with van der Waals surface area (Å²) in [6, 6.07) is 18.2. The maximum Gasteiger partial charge on any atom is 0.407 e. The molecule has 0 bridgehead atoms. The molecule has 4 amide bonds. The van der Waals surface area contributed by atoms with Crippen LogP contribution >= 0.6 is 23.1 Å². The number of H-pyrrole nitrogens is 1. The number of hydrogen-bond acceptors (Lipinski definition) is 9. The number of benzene rings is 2. The lowest BCUT2D eigenvalue weighted by molar-refractivity contribution is -0.123. The Morgan fingerprint density at radius 3 is 2.15 bits per heavy atom. The lowest BCUT2D eigenvalue weighted by atomic mass is 9.95. The summed E-state index contributed by atoms with van der Waals surface area (Å²) in [5.74, 6) is 0.882. The summed E-state index contributed by atoms with van der Waals surface area (Å²) in [6.07, 6.45) is 6.92. The second-order valence-corrected chi connectivity index (χ2v) is 15.3. The smallest absolute Gasteiger partial charge is 0.407 e. The number of urea groups is 1. The number of alkyl carbamates (subject to hydrolysis) is 1. The van der Waals surface area contributed by atoms with Crippen LogP contribution in [0.3, 0.4) is 0 Å². The molecule has 0 fully saturated rings. The summed E-state index contributed by atoms with van der Waals surface area (Å²) >= 11 is 3.16. The third-order valence-corrected chi connectivity index (χ3v) is 10.8. The minimum Gasteiger partial charge on any atom is -0.444 e. The number of thioether (sulfide) groups is 1. The molecule has 0 radical (unpaired) electrons. The van der Waals surface area contributed by atoms with E-state index in [-0.39, 0.29) is 43.1 Å². The normalized spacial score (nSPS) is 15.7. The number of ether oxygens (including phenoxy) is 1. The summed E-state index contributed by atoms with van der Waals surface area (Å²) in [7, 11) is 1.73. The van der Waals surface area contributed by atoms with Gasteiger partial charge in [-0.1, -0.05) is 74.5 Å². The Labute approximate surface area is 313 Å². The van der Waals surface area contributed by atoms with E-state index < -0.39 is 12.1 Å². The molecule has 3 heterocycles. The number of hydrogen-bond donors (Lipinski definition) is 4. The van der Waals surface area contributed by atoms with E-state index in [2.05, 4.69) is 44.7 Å². The van der Waals surface area contributed by atoms with Gasteiger partial charge < -0.3 is 30.6 Å². The van der Waals surface area contributed by atoms with Crippen molar-refractivity contribution in [3.8, 4) is 0 Å². The Balaban J connectivity index is 1.27. The second kappa shape index (κ2) is 19.8. The third kappa shape index (κ3) is 12.5. The molecule has 0 saturated heterocycles. The molecule has 52 heavy (non-hydrogen) atoms. The highest BCUT2D eigenvalue weighted by Gasteiger charge is 2.28. The van der Waals surface area contributed by atoms with Gasteiger partial charge in [0, 0.05) is 61.9 Å². The van der Waals surface area contributed by atoms with Crippen LogP contribution in [0, 0.1) is 5.92 Å². The average Bonchev–Trinajstić information content (AvgIpc) is 3.95. The largest absolute Gasteiger partial charge is 0.444 e. The van der Waals surface area contributed by atoms with Gasteiger partial charge in [-0.15, -0.1) is 23.1 Å².